The molecule has 0 spiro atoms. The lowest BCUT2D eigenvalue weighted by Crippen LogP contribution is -2.22. The average Bonchev–Trinajstić information content (AvgIpc) is 3.21. The maximum Gasteiger partial charge on any atom is 0.235 e. The summed E-state index contributed by atoms with van der Waals surface area (Å²) in [4.78, 5) is 12.6. The number of amides is 1. The maximum absolute atomic E-state index is 12.6. The van der Waals surface area contributed by atoms with Gasteiger partial charge in [0.2, 0.25) is 5.91 Å². The van der Waals surface area contributed by atoms with Gasteiger partial charge in [0.15, 0.2) is 0 Å². The van der Waals surface area contributed by atoms with Crippen molar-refractivity contribution in [2.24, 2.45) is 7.05 Å². The number of hydrogen-bond donors (Lipinski definition) is 2. The third-order valence-corrected chi connectivity index (χ3v) is 4.14. The van der Waals surface area contributed by atoms with Crippen LogP contribution in [0.15, 0.2) is 60.9 Å². The number of ether oxygens (including phenoxy) is 1. The van der Waals surface area contributed by atoms with Crippen molar-refractivity contribution in [1.29, 1.82) is 0 Å². The fourth-order valence-electron chi connectivity index (χ4n) is 2.94. The van der Waals surface area contributed by atoms with Crippen LogP contribution in [0.5, 0.6) is 5.75 Å². The second-order valence-electron chi connectivity index (χ2n) is 6.00. The summed E-state index contributed by atoms with van der Waals surface area (Å²) in [5.74, 6) is 0.435. The number of anilines is 3. The molecule has 1 aliphatic rings. The fourth-order valence-corrected chi connectivity index (χ4v) is 2.94. The number of para-hydroxylation sites is 1. The van der Waals surface area contributed by atoms with Gasteiger partial charge in [0.05, 0.1) is 11.9 Å². The van der Waals surface area contributed by atoms with Crippen LogP contribution in [0, 0.1) is 0 Å². The van der Waals surface area contributed by atoms with Crippen LogP contribution >= 0.6 is 0 Å². The van der Waals surface area contributed by atoms with Crippen LogP contribution in [-0.4, -0.2) is 22.3 Å². The molecule has 2 heterocycles. The van der Waals surface area contributed by atoms with Gasteiger partial charge in [-0.2, -0.15) is 5.10 Å². The van der Waals surface area contributed by atoms with E-state index in [0.29, 0.717) is 6.61 Å². The Morgan fingerprint density at radius 1 is 1.16 bits per heavy atom. The van der Waals surface area contributed by atoms with Gasteiger partial charge in [-0.1, -0.05) is 24.3 Å². The molecule has 3 aromatic rings. The molecule has 1 unspecified atom stereocenters. The van der Waals surface area contributed by atoms with Gasteiger partial charge in [-0.25, -0.2) is 0 Å². The molecule has 6 nitrogen and oxygen atoms in total. The van der Waals surface area contributed by atoms with Gasteiger partial charge >= 0.3 is 0 Å². The van der Waals surface area contributed by atoms with Crippen molar-refractivity contribution < 1.29 is 9.53 Å². The third kappa shape index (κ3) is 3.19. The molecule has 0 aliphatic carbocycles. The molecule has 1 amide bonds. The van der Waals surface area contributed by atoms with E-state index in [1.807, 2.05) is 61.8 Å². The second-order valence-corrected chi connectivity index (χ2v) is 6.00. The molecule has 4 rings (SSSR count). The molecule has 6 heteroatoms. The van der Waals surface area contributed by atoms with Gasteiger partial charge in [0.1, 0.15) is 18.3 Å². The van der Waals surface area contributed by atoms with Crippen LogP contribution in [0.3, 0.4) is 0 Å². The molecule has 126 valence electrons. The molecule has 1 aromatic heterocycles. The number of hydrogen-bond acceptors (Lipinski definition) is 4. The molecule has 1 aliphatic heterocycles. The third-order valence-electron chi connectivity index (χ3n) is 4.14. The van der Waals surface area contributed by atoms with E-state index < -0.39 is 0 Å². The summed E-state index contributed by atoms with van der Waals surface area (Å²) in [6.45, 7) is 0.374. The first-order valence-electron chi connectivity index (χ1n) is 8.07. The van der Waals surface area contributed by atoms with Crippen LogP contribution in [-0.2, 0) is 11.8 Å². The summed E-state index contributed by atoms with van der Waals surface area (Å²) in [5, 5.41) is 10.4. The van der Waals surface area contributed by atoms with Gasteiger partial charge in [-0.05, 0) is 24.3 Å². The summed E-state index contributed by atoms with van der Waals surface area (Å²) in [7, 11) is 1.86. The molecule has 2 N–H and O–H groups in total. The topological polar surface area (TPSA) is 68.2 Å². The summed E-state index contributed by atoms with van der Waals surface area (Å²) < 4.78 is 7.32. The van der Waals surface area contributed by atoms with Crippen LogP contribution in [0.1, 0.15) is 11.5 Å². The van der Waals surface area contributed by atoms with E-state index in [-0.39, 0.29) is 11.8 Å². The molecule has 0 bridgehead atoms. The van der Waals surface area contributed by atoms with Gasteiger partial charge < -0.3 is 15.4 Å². The largest absolute Gasteiger partial charge is 0.492 e. The van der Waals surface area contributed by atoms with E-state index in [1.54, 1.807) is 10.9 Å². The maximum atomic E-state index is 12.6. The predicted molar refractivity (Wildman–Crippen MR) is 96.2 cm³/mol. The van der Waals surface area contributed by atoms with Crippen LogP contribution in [0.2, 0.25) is 0 Å². The quantitative estimate of drug-likeness (QED) is 0.768. The van der Waals surface area contributed by atoms with E-state index in [1.165, 1.54) is 0 Å². The Balaban J connectivity index is 1.48. The molecule has 25 heavy (non-hydrogen) atoms. The SMILES string of the molecule is Cn1cc(Nc2cccc(NC(=O)C3COc4ccccc43)c2)cn1. The van der Waals surface area contributed by atoms with Gasteiger partial charge in [0.25, 0.3) is 0 Å². The lowest BCUT2D eigenvalue weighted by molar-refractivity contribution is -0.117. The van der Waals surface area contributed by atoms with E-state index in [0.717, 1.165) is 28.4 Å². The summed E-state index contributed by atoms with van der Waals surface area (Å²) in [6, 6.07) is 15.3. The molecular weight excluding hydrogens is 316 g/mol. The smallest absolute Gasteiger partial charge is 0.235 e. The minimum Gasteiger partial charge on any atom is -0.492 e. The lowest BCUT2D eigenvalue weighted by atomic mass is 10.0. The zero-order chi connectivity index (χ0) is 17.2. The number of nitrogens with zero attached hydrogens (tertiary/aromatic N) is 2. The van der Waals surface area contributed by atoms with E-state index in [9.17, 15) is 4.79 Å². The summed E-state index contributed by atoms with van der Waals surface area (Å²) in [6.07, 6.45) is 3.64. The Bertz CT molecular complexity index is 919. The van der Waals surface area contributed by atoms with Crippen molar-refractivity contribution in [1.82, 2.24) is 9.78 Å². The van der Waals surface area contributed by atoms with Gasteiger partial charge in [0, 0.05) is 30.2 Å². The minimum atomic E-state index is -0.286. The number of carbonyl (C=O) groups is 1. The minimum absolute atomic E-state index is 0.0662. The van der Waals surface area contributed by atoms with Crippen molar-refractivity contribution >= 4 is 23.0 Å². The number of benzene rings is 2. The Labute approximate surface area is 145 Å². The van der Waals surface area contributed by atoms with E-state index >= 15 is 0 Å². The Kier molecular flexibility index (Phi) is 3.85. The van der Waals surface area contributed by atoms with E-state index in [4.69, 9.17) is 4.74 Å². The van der Waals surface area contributed by atoms with Crippen molar-refractivity contribution in [3.63, 3.8) is 0 Å². The molecular formula is C19H18N4O2. The Morgan fingerprint density at radius 3 is 2.84 bits per heavy atom. The monoisotopic (exact) mass is 334 g/mol. The van der Waals surface area contributed by atoms with Crippen molar-refractivity contribution in [3.8, 4) is 5.75 Å². The van der Waals surface area contributed by atoms with Crippen molar-refractivity contribution in [3.05, 3.63) is 66.5 Å². The van der Waals surface area contributed by atoms with Crippen LogP contribution < -0.4 is 15.4 Å². The first-order chi connectivity index (χ1) is 12.2. The highest BCUT2D eigenvalue weighted by Crippen LogP contribution is 2.34. The zero-order valence-electron chi connectivity index (χ0n) is 13.8. The Hall–Kier alpha value is -3.28. The molecule has 0 fully saturated rings. The highest BCUT2D eigenvalue weighted by molar-refractivity contribution is 5.97. The van der Waals surface area contributed by atoms with Crippen molar-refractivity contribution in [2.45, 2.75) is 5.92 Å². The van der Waals surface area contributed by atoms with Crippen LogP contribution in [0.4, 0.5) is 17.1 Å². The van der Waals surface area contributed by atoms with E-state index in [2.05, 4.69) is 15.7 Å². The summed E-state index contributed by atoms with van der Waals surface area (Å²) in [5.41, 5.74) is 3.45. The molecule has 0 radical (unpaired) electrons. The highest BCUT2D eigenvalue weighted by atomic mass is 16.5. The number of nitrogens with one attached hydrogen (secondary N) is 2. The number of carbonyl (C=O) groups excluding carboxylic acids is 1. The van der Waals surface area contributed by atoms with Crippen LogP contribution in [0.25, 0.3) is 0 Å². The number of aromatic nitrogens is 2. The molecule has 0 saturated carbocycles. The van der Waals surface area contributed by atoms with Gasteiger partial charge in [-0.3, -0.25) is 9.48 Å². The molecule has 1 atom stereocenters. The first-order valence-corrected chi connectivity index (χ1v) is 8.07. The fraction of sp³-hybridized carbons (Fsp3) is 0.158. The average molecular weight is 334 g/mol. The molecule has 0 saturated heterocycles. The predicted octanol–water partition coefficient (Wildman–Crippen LogP) is 3.28. The first kappa shape index (κ1) is 15.3. The van der Waals surface area contributed by atoms with Crippen molar-refractivity contribution in [2.75, 3.05) is 17.2 Å². The second kappa shape index (κ2) is 6.32. The molecule has 2 aromatic carbocycles. The number of rotatable bonds is 4. The lowest BCUT2D eigenvalue weighted by Gasteiger charge is -2.12. The number of fused-ring (bicyclic) bond motifs is 1. The Morgan fingerprint density at radius 2 is 2.00 bits per heavy atom. The van der Waals surface area contributed by atoms with Gasteiger partial charge in [-0.15, -0.1) is 0 Å². The standard InChI is InChI=1S/C19H18N4O2/c1-23-11-15(10-20-23)21-13-5-4-6-14(9-13)22-19(24)17-12-25-18-8-3-2-7-16(17)18/h2-11,17,21H,12H2,1H3,(H,22,24). The zero-order valence-corrected chi connectivity index (χ0v) is 13.8. The number of aryl methyl sites for hydroxylation is 1. The normalized spacial score (nSPS) is 15.3. The summed E-state index contributed by atoms with van der Waals surface area (Å²) >= 11 is 0. The highest BCUT2D eigenvalue weighted by Gasteiger charge is 2.29.